The fourth-order valence-corrected chi connectivity index (χ4v) is 3.34. The third-order valence-corrected chi connectivity index (χ3v) is 4.23. The van der Waals surface area contributed by atoms with Crippen molar-refractivity contribution in [2.45, 2.75) is 26.3 Å². The molecule has 1 heterocycles. The minimum atomic E-state index is -3.45. The van der Waals surface area contributed by atoms with Crippen LogP contribution in [-0.2, 0) is 16.4 Å². The molecule has 0 spiro atoms. The fraction of sp³-hybridized carbons (Fsp3) is 0.500. The first-order valence-corrected chi connectivity index (χ1v) is 7.32. The highest BCUT2D eigenvalue weighted by atomic mass is 32.2. The summed E-state index contributed by atoms with van der Waals surface area (Å²) in [5.74, 6) is -0.485. The zero-order valence-corrected chi connectivity index (χ0v) is 10.9. The van der Waals surface area contributed by atoms with Gasteiger partial charge in [-0.3, -0.25) is 0 Å². The van der Waals surface area contributed by atoms with Gasteiger partial charge in [-0.1, -0.05) is 0 Å². The molecule has 0 aliphatic rings. The van der Waals surface area contributed by atoms with Gasteiger partial charge in [0.15, 0.2) is 5.75 Å². The van der Waals surface area contributed by atoms with Crippen molar-refractivity contribution >= 4 is 21.4 Å². The maximum Gasteiger partial charge on any atom is 0.225 e. The zero-order chi connectivity index (χ0) is 12.2. The second-order valence-electron chi connectivity index (χ2n) is 3.65. The predicted octanol–water partition coefficient (Wildman–Crippen LogP) is 1.43. The Labute approximate surface area is 100.0 Å². The summed E-state index contributed by atoms with van der Waals surface area (Å²) < 4.78 is 25.1. The number of nitrogens with zero attached hydrogens (tertiary/aromatic N) is 1. The van der Waals surface area contributed by atoms with E-state index in [-0.39, 0.29) is 6.04 Å². The molecule has 1 unspecified atom stereocenters. The number of sulfonamides is 1. The van der Waals surface area contributed by atoms with Crippen LogP contribution < -0.4 is 4.72 Å². The van der Waals surface area contributed by atoms with Crippen molar-refractivity contribution in [2.24, 2.45) is 0 Å². The highest BCUT2D eigenvalue weighted by molar-refractivity contribution is 7.89. The van der Waals surface area contributed by atoms with Gasteiger partial charge in [0.2, 0.25) is 10.0 Å². The van der Waals surface area contributed by atoms with Gasteiger partial charge < -0.3 is 0 Å². The van der Waals surface area contributed by atoms with E-state index in [1.807, 2.05) is 19.1 Å². The van der Waals surface area contributed by atoms with Crippen LogP contribution in [0.4, 0.5) is 0 Å². The van der Waals surface area contributed by atoms with E-state index in [1.165, 1.54) is 4.88 Å². The highest BCUT2D eigenvalue weighted by Gasteiger charge is 2.14. The summed E-state index contributed by atoms with van der Waals surface area (Å²) in [5.41, 5.74) is 0. The van der Waals surface area contributed by atoms with Crippen molar-refractivity contribution in [2.75, 3.05) is 5.75 Å². The van der Waals surface area contributed by atoms with Crippen molar-refractivity contribution in [3.8, 4) is 6.07 Å². The smallest absolute Gasteiger partial charge is 0.211 e. The number of aryl methyl sites for hydroxylation is 1. The highest BCUT2D eigenvalue weighted by Crippen LogP contribution is 2.16. The molecule has 0 amide bonds. The Morgan fingerprint density at radius 3 is 2.75 bits per heavy atom. The molecule has 16 heavy (non-hydrogen) atoms. The van der Waals surface area contributed by atoms with Crippen LogP contribution in [0.25, 0.3) is 0 Å². The summed E-state index contributed by atoms with van der Waals surface area (Å²) in [4.78, 5) is 2.35. The molecule has 1 aromatic heterocycles. The van der Waals surface area contributed by atoms with Gasteiger partial charge in [0.1, 0.15) is 0 Å². The van der Waals surface area contributed by atoms with E-state index in [0.717, 1.165) is 4.88 Å². The van der Waals surface area contributed by atoms with Crippen molar-refractivity contribution in [3.05, 3.63) is 21.9 Å². The molecule has 88 valence electrons. The van der Waals surface area contributed by atoms with Crippen molar-refractivity contribution < 1.29 is 8.42 Å². The molecule has 0 aromatic carbocycles. The van der Waals surface area contributed by atoms with Gasteiger partial charge in [0.05, 0.1) is 6.07 Å². The first kappa shape index (κ1) is 13.2. The lowest BCUT2D eigenvalue weighted by atomic mass is 10.2. The summed E-state index contributed by atoms with van der Waals surface area (Å²) in [5, 5.41) is 8.34. The molecule has 0 fully saturated rings. The monoisotopic (exact) mass is 258 g/mol. The first-order chi connectivity index (χ1) is 7.43. The van der Waals surface area contributed by atoms with Crippen molar-refractivity contribution in [3.63, 3.8) is 0 Å². The maximum absolute atomic E-state index is 11.3. The Bertz CT molecular complexity index is 485. The van der Waals surface area contributed by atoms with E-state index in [4.69, 9.17) is 5.26 Å². The van der Waals surface area contributed by atoms with Crippen LogP contribution in [0, 0.1) is 18.3 Å². The lowest BCUT2D eigenvalue weighted by Gasteiger charge is -2.11. The Balaban J connectivity index is 2.55. The second-order valence-corrected chi connectivity index (χ2v) is 6.78. The Morgan fingerprint density at radius 1 is 1.56 bits per heavy atom. The average Bonchev–Trinajstić information content (AvgIpc) is 2.49. The van der Waals surface area contributed by atoms with Crippen LogP contribution >= 0.6 is 11.3 Å². The molecule has 0 aliphatic heterocycles. The van der Waals surface area contributed by atoms with Crippen LogP contribution in [0.5, 0.6) is 0 Å². The molecule has 1 N–H and O–H groups in total. The van der Waals surface area contributed by atoms with Crippen LogP contribution in [0.3, 0.4) is 0 Å². The molecule has 4 nitrogen and oxygen atoms in total. The summed E-state index contributed by atoms with van der Waals surface area (Å²) in [6.45, 7) is 3.81. The van der Waals surface area contributed by atoms with Gasteiger partial charge in [-0.2, -0.15) is 5.26 Å². The number of nitrogens with one attached hydrogen (secondary N) is 1. The fourth-order valence-electron chi connectivity index (χ4n) is 1.37. The molecule has 6 heteroatoms. The molecule has 0 aliphatic carbocycles. The van der Waals surface area contributed by atoms with Gasteiger partial charge in [-0.15, -0.1) is 11.3 Å². The molecular formula is C10H14N2O2S2. The quantitative estimate of drug-likeness (QED) is 0.868. The van der Waals surface area contributed by atoms with Gasteiger partial charge in [-0.05, 0) is 32.4 Å². The molecule has 0 saturated carbocycles. The van der Waals surface area contributed by atoms with Gasteiger partial charge in [0, 0.05) is 15.8 Å². The lowest BCUT2D eigenvalue weighted by Crippen LogP contribution is -2.35. The van der Waals surface area contributed by atoms with Crippen LogP contribution in [0.2, 0.25) is 0 Å². The van der Waals surface area contributed by atoms with Gasteiger partial charge in [-0.25, -0.2) is 13.1 Å². The lowest BCUT2D eigenvalue weighted by molar-refractivity contribution is 0.564. The van der Waals surface area contributed by atoms with E-state index >= 15 is 0 Å². The summed E-state index contributed by atoms with van der Waals surface area (Å²) in [7, 11) is -3.45. The number of hydrogen-bond donors (Lipinski definition) is 1. The molecular weight excluding hydrogens is 244 g/mol. The van der Waals surface area contributed by atoms with Crippen LogP contribution in [0.1, 0.15) is 16.7 Å². The number of hydrogen-bond acceptors (Lipinski definition) is 4. The minimum absolute atomic E-state index is 0.184. The molecule has 0 saturated heterocycles. The summed E-state index contributed by atoms with van der Waals surface area (Å²) in [6, 6.07) is 5.46. The van der Waals surface area contributed by atoms with Crippen LogP contribution in [-0.4, -0.2) is 20.2 Å². The summed E-state index contributed by atoms with van der Waals surface area (Å²) >= 11 is 1.66. The third-order valence-electron chi connectivity index (χ3n) is 1.94. The van der Waals surface area contributed by atoms with E-state index in [1.54, 1.807) is 24.3 Å². The topological polar surface area (TPSA) is 70.0 Å². The Morgan fingerprint density at radius 2 is 2.25 bits per heavy atom. The zero-order valence-electron chi connectivity index (χ0n) is 9.23. The van der Waals surface area contributed by atoms with E-state index in [9.17, 15) is 8.42 Å². The van der Waals surface area contributed by atoms with E-state index < -0.39 is 15.8 Å². The first-order valence-electron chi connectivity index (χ1n) is 4.85. The number of thiophene rings is 1. The largest absolute Gasteiger partial charge is 0.225 e. The molecule has 0 bridgehead atoms. The van der Waals surface area contributed by atoms with Gasteiger partial charge in [0.25, 0.3) is 0 Å². The van der Waals surface area contributed by atoms with Gasteiger partial charge >= 0.3 is 0 Å². The molecule has 1 rings (SSSR count). The maximum atomic E-state index is 11.3. The number of rotatable bonds is 5. The summed E-state index contributed by atoms with van der Waals surface area (Å²) in [6.07, 6.45) is 0.656. The van der Waals surface area contributed by atoms with Crippen molar-refractivity contribution in [1.29, 1.82) is 5.26 Å². The second kappa shape index (κ2) is 5.43. The molecule has 0 radical (unpaired) electrons. The Hall–Kier alpha value is -0.900. The third kappa shape index (κ3) is 4.31. The van der Waals surface area contributed by atoms with E-state index in [2.05, 4.69) is 4.72 Å². The SMILES string of the molecule is Cc1ccc(CC(C)NS(=O)(=O)CC#N)s1. The van der Waals surface area contributed by atoms with Crippen LogP contribution in [0.15, 0.2) is 12.1 Å². The molecule has 1 aromatic rings. The normalized spacial score (nSPS) is 13.3. The minimum Gasteiger partial charge on any atom is -0.211 e. The Kier molecular flexibility index (Phi) is 4.47. The van der Waals surface area contributed by atoms with E-state index in [0.29, 0.717) is 6.42 Å². The standard InChI is InChI=1S/C10H14N2O2S2/c1-8(12-16(13,14)6-5-11)7-10-4-3-9(2)15-10/h3-4,8,12H,6-7H2,1-2H3. The van der Waals surface area contributed by atoms with Crippen molar-refractivity contribution in [1.82, 2.24) is 4.72 Å². The molecule has 1 atom stereocenters. The number of nitriles is 1. The predicted molar refractivity (Wildman–Crippen MR) is 64.8 cm³/mol. The average molecular weight is 258 g/mol.